The first kappa shape index (κ1) is 14.6. The minimum absolute atomic E-state index is 0.000579. The van der Waals surface area contributed by atoms with E-state index in [1.165, 1.54) is 19.9 Å². The average Bonchev–Trinajstić information content (AvgIpc) is 2.23. The summed E-state index contributed by atoms with van der Waals surface area (Å²) in [7, 11) is 0. The Morgan fingerprint density at radius 3 is 2.12 bits per heavy atom. The molecule has 0 aromatic carbocycles. The van der Waals surface area contributed by atoms with Crippen LogP contribution in [-0.4, -0.2) is 44.6 Å². The Bertz CT molecular complexity index is 308. The van der Waals surface area contributed by atoms with Crippen LogP contribution in [0.4, 0.5) is 0 Å². The first-order chi connectivity index (χ1) is 7.29. The zero-order valence-corrected chi connectivity index (χ0v) is 9.17. The van der Waals surface area contributed by atoms with Gasteiger partial charge in [0.2, 0.25) is 0 Å². The average molecular weight is 232 g/mol. The Hall–Kier alpha value is -1.40. The fraction of sp³-hybridized carbons (Fsp3) is 0.600. The third-order valence-corrected chi connectivity index (χ3v) is 2.58. The van der Waals surface area contributed by atoms with E-state index in [0.717, 1.165) is 0 Å². The number of carboxylic acids is 2. The summed E-state index contributed by atoms with van der Waals surface area (Å²) in [5.41, 5.74) is -2.32. The highest BCUT2D eigenvalue weighted by Crippen LogP contribution is 2.24. The predicted molar refractivity (Wildman–Crippen MR) is 54.8 cm³/mol. The summed E-state index contributed by atoms with van der Waals surface area (Å²) < 4.78 is 0. The topological polar surface area (TPSA) is 115 Å². The van der Waals surface area contributed by atoms with Gasteiger partial charge in [0.25, 0.3) is 0 Å². The van der Waals surface area contributed by atoms with Crippen molar-refractivity contribution >= 4 is 11.9 Å². The number of carbonyl (C=O) groups is 2. The summed E-state index contributed by atoms with van der Waals surface area (Å²) in [6.45, 7) is 1.92. The van der Waals surface area contributed by atoms with Gasteiger partial charge in [0, 0.05) is 11.5 Å². The van der Waals surface area contributed by atoms with Gasteiger partial charge in [0.05, 0.1) is 6.61 Å². The molecule has 6 heteroatoms. The third-order valence-electron chi connectivity index (χ3n) is 2.58. The summed E-state index contributed by atoms with van der Waals surface area (Å²) in [6, 6.07) is 0. The second-order valence-electron chi connectivity index (χ2n) is 3.61. The maximum atomic E-state index is 10.8. The van der Waals surface area contributed by atoms with Crippen molar-refractivity contribution in [3.05, 3.63) is 11.6 Å². The van der Waals surface area contributed by atoms with Crippen LogP contribution in [0.15, 0.2) is 11.6 Å². The molecule has 0 amide bonds. The number of rotatable bonds is 6. The smallest absolute Gasteiger partial charge is 0.338 e. The van der Waals surface area contributed by atoms with E-state index in [9.17, 15) is 14.7 Å². The van der Waals surface area contributed by atoms with Crippen molar-refractivity contribution in [2.24, 2.45) is 5.92 Å². The van der Waals surface area contributed by atoms with Gasteiger partial charge in [-0.15, -0.1) is 0 Å². The number of aliphatic hydroxyl groups excluding tert-OH is 1. The molecule has 0 rings (SSSR count). The number of allylic oxidation sites excluding steroid dienone is 1. The van der Waals surface area contributed by atoms with Crippen LogP contribution in [0.2, 0.25) is 0 Å². The highest BCUT2D eigenvalue weighted by molar-refractivity contribution is 5.86. The zero-order chi connectivity index (χ0) is 12.9. The van der Waals surface area contributed by atoms with Gasteiger partial charge in [-0.3, -0.25) is 0 Å². The van der Waals surface area contributed by atoms with Crippen molar-refractivity contribution in [1.29, 1.82) is 0 Å². The van der Waals surface area contributed by atoms with Gasteiger partial charge in [-0.05, 0) is 13.3 Å². The van der Waals surface area contributed by atoms with Crippen LogP contribution in [0.5, 0.6) is 0 Å². The van der Waals surface area contributed by atoms with Crippen molar-refractivity contribution in [1.82, 2.24) is 0 Å². The summed E-state index contributed by atoms with van der Waals surface area (Å²) in [4.78, 5) is 21.4. The summed E-state index contributed by atoms with van der Waals surface area (Å²) in [6.07, 6.45) is 1.20. The number of hydrogen-bond donors (Lipinski definition) is 4. The Kier molecular flexibility index (Phi) is 5.13. The van der Waals surface area contributed by atoms with Gasteiger partial charge in [-0.2, -0.15) is 0 Å². The SMILES string of the molecule is C/C=C(/C[C@@H](C)[C@](O)(CO)C(=O)O)C(=O)O. The molecule has 0 bridgehead atoms. The molecule has 16 heavy (non-hydrogen) atoms. The van der Waals surface area contributed by atoms with E-state index < -0.39 is 30.1 Å². The molecule has 4 N–H and O–H groups in total. The number of aliphatic hydroxyl groups is 2. The molecule has 92 valence electrons. The predicted octanol–water partition coefficient (Wildman–Crippen LogP) is -0.148. The van der Waals surface area contributed by atoms with Crippen molar-refractivity contribution in [3.63, 3.8) is 0 Å². The Labute approximate surface area is 92.8 Å². The van der Waals surface area contributed by atoms with Crippen LogP contribution in [0.25, 0.3) is 0 Å². The maximum Gasteiger partial charge on any atom is 0.338 e. The van der Waals surface area contributed by atoms with Crippen LogP contribution >= 0.6 is 0 Å². The van der Waals surface area contributed by atoms with E-state index in [-0.39, 0.29) is 12.0 Å². The molecule has 2 atom stereocenters. The minimum atomic E-state index is -2.32. The van der Waals surface area contributed by atoms with Crippen molar-refractivity contribution in [2.45, 2.75) is 25.9 Å². The fourth-order valence-electron chi connectivity index (χ4n) is 1.26. The lowest BCUT2D eigenvalue weighted by molar-refractivity contribution is -0.169. The Morgan fingerprint density at radius 2 is 1.88 bits per heavy atom. The molecule has 0 spiro atoms. The number of aliphatic carboxylic acids is 2. The van der Waals surface area contributed by atoms with Gasteiger partial charge in [-0.25, -0.2) is 9.59 Å². The number of carboxylic acid groups (broad SMARTS) is 2. The van der Waals surface area contributed by atoms with Crippen LogP contribution in [0, 0.1) is 5.92 Å². The fourth-order valence-corrected chi connectivity index (χ4v) is 1.26. The molecule has 0 saturated heterocycles. The van der Waals surface area contributed by atoms with Crippen molar-refractivity contribution in [3.8, 4) is 0 Å². The zero-order valence-electron chi connectivity index (χ0n) is 9.17. The maximum absolute atomic E-state index is 10.8. The molecule has 0 fully saturated rings. The van der Waals surface area contributed by atoms with Crippen LogP contribution in [0.1, 0.15) is 20.3 Å². The van der Waals surface area contributed by atoms with E-state index in [2.05, 4.69) is 0 Å². The van der Waals surface area contributed by atoms with Gasteiger partial charge < -0.3 is 20.4 Å². The van der Waals surface area contributed by atoms with E-state index in [1.54, 1.807) is 0 Å². The molecular formula is C10H16O6. The van der Waals surface area contributed by atoms with Gasteiger partial charge >= 0.3 is 11.9 Å². The molecule has 0 aliphatic rings. The lowest BCUT2D eigenvalue weighted by Crippen LogP contribution is -2.48. The van der Waals surface area contributed by atoms with E-state index in [4.69, 9.17) is 15.3 Å². The lowest BCUT2D eigenvalue weighted by atomic mass is 9.84. The molecular weight excluding hydrogens is 216 g/mol. The molecule has 0 aliphatic carbocycles. The number of hydrogen-bond acceptors (Lipinski definition) is 4. The quantitative estimate of drug-likeness (QED) is 0.473. The standard InChI is InChI=1S/C10H16O6/c1-3-7(8(12)13)4-6(2)10(16,5-11)9(14)15/h3,6,11,16H,4-5H2,1-2H3,(H,12,13)(H,14,15)/b7-3-/t6-,10-/m1/s1. The van der Waals surface area contributed by atoms with E-state index >= 15 is 0 Å². The van der Waals surface area contributed by atoms with Crippen LogP contribution in [0.3, 0.4) is 0 Å². The summed E-state index contributed by atoms with van der Waals surface area (Å²) in [5, 5.41) is 36.0. The van der Waals surface area contributed by atoms with E-state index in [0.29, 0.717) is 0 Å². The Morgan fingerprint density at radius 1 is 1.38 bits per heavy atom. The van der Waals surface area contributed by atoms with Crippen LogP contribution < -0.4 is 0 Å². The second kappa shape index (κ2) is 5.62. The van der Waals surface area contributed by atoms with Gasteiger partial charge in [0.1, 0.15) is 0 Å². The lowest BCUT2D eigenvalue weighted by Gasteiger charge is -2.27. The molecule has 6 nitrogen and oxygen atoms in total. The molecule has 0 aromatic heterocycles. The molecule has 0 saturated carbocycles. The van der Waals surface area contributed by atoms with Crippen molar-refractivity contribution < 1.29 is 30.0 Å². The first-order valence-corrected chi connectivity index (χ1v) is 4.74. The minimum Gasteiger partial charge on any atom is -0.479 e. The largest absolute Gasteiger partial charge is 0.479 e. The summed E-state index contributed by atoms with van der Waals surface area (Å²) >= 11 is 0. The van der Waals surface area contributed by atoms with E-state index in [1.807, 2.05) is 0 Å². The first-order valence-electron chi connectivity index (χ1n) is 4.74. The summed E-state index contributed by atoms with van der Waals surface area (Å²) in [5.74, 6) is -3.64. The van der Waals surface area contributed by atoms with Gasteiger partial charge in [0.15, 0.2) is 5.60 Å². The van der Waals surface area contributed by atoms with Crippen molar-refractivity contribution in [2.75, 3.05) is 6.61 Å². The molecule has 0 heterocycles. The molecule has 0 aromatic rings. The highest BCUT2D eigenvalue weighted by Gasteiger charge is 2.41. The van der Waals surface area contributed by atoms with Crippen LogP contribution in [-0.2, 0) is 9.59 Å². The third kappa shape index (κ3) is 3.04. The second-order valence-corrected chi connectivity index (χ2v) is 3.61. The normalized spacial score (nSPS) is 17.6. The Balaban J connectivity index is 4.86. The monoisotopic (exact) mass is 232 g/mol. The molecule has 0 unspecified atom stereocenters. The molecule has 0 aliphatic heterocycles. The molecule has 0 radical (unpaired) electrons. The highest BCUT2D eigenvalue weighted by atomic mass is 16.4. The van der Waals surface area contributed by atoms with Gasteiger partial charge in [-0.1, -0.05) is 13.0 Å².